The Hall–Kier alpha value is -2.10. The van der Waals surface area contributed by atoms with Crippen molar-refractivity contribution in [3.05, 3.63) is 47.7 Å². The summed E-state index contributed by atoms with van der Waals surface area (Å²) in [6.07, 6.45) is 1.52. The normalized spacial score (nSPS) is 10.1. The molecule has 0 aliphatic rings. The number of hydrogen-bond acceptors (Lipinski definition) is 3. The zero-order valence-corrected chi connectivity index (χ0v) is 9.15. The molecule has 1 aromatic carbocycles. The Labute approximate surface area is 93.3 Å². The van der Waals surface area contributed by atoms with E-state index in [9.17, 15) is 4.79 Å². The van der Waals surface area contributed by atoms with Crippen molar-refractivity contribution in [2.75, 3.05) is 5.32 Å². The van der Waals surface area contributed by atoms with Gasteiger partial charge in [-0.25, -0.2) is 4.98 Å². The van der Waals surface area contributed by atoms with Gasteiger partial charge in [0.15, 0.2) is 0 Å². The van der Waals surface area contributed by atoms with Crippen molar-refractivity contribution in [2.45, 2.75) is 13.8 Å². The average molecular weight is 216 g/mol. The number of nitrogens with zero attached hydrogens (tertiary/aromatic N) is 1. The van der Waals surface area contributed by atoms with Crippen LogP contribution < -0.4 is 5.32 Å². The number of benzene rings is 1. The van der Waals surface area contributed by atoms with Gasteiger partial charge in [0, 0.05) is 5.69 Å². The molecule has 0 bridgehead atoms. The Morgan fingerprint density at radius 3 is 2.81 bits per heavy atom. The van der Waals surface area contributed by atoms with E-state index in [2.05, 4.69) is 10.3 Å². The molecule has 2 rings (SSSR count). The number of carbonyl (C=O) groups is 1. The molecule has 4 nitrogen and oxygen atoms in total. The Morgan fingerprint density at radius 2 is 2.19 bits per heavy atom. The zero-order chi connectivity index (χ0) is 11.5. The quantitative estimate of drug-likeness (QED) is 0.839. The molecule has 4 heteroatoms. The van der Waals surface area contributed by atoms with Gasteiger partial charge in [-0.05, 0) is 31.5 Å². The Bertz CT molecular complexity index is 517. The van der Waals surface area contributed by atoms with Gasteiger partial charge >= 0.3 is 5.91 Å². The van der Waals surface area contributed by atoms with Gasteiger partial charge < -0.3 is 9.73 Å². The van der Waals surface area contributed by atoms with Crippen LogP contribution in [0.25, 0.3) is 0 Å². The lowest BCUT2D eigenvalue weighted by molar-refractivity contribution is 0.0989. The molecule has 0 radical (unpaired) electrons. The van der Waals surface area contributed by atoms with Gasteiger partial charge in [-0.1, -0.05) is 12.1 Å². The number of amides is 1. The molecule has 0 aliphatic carbocycles. The first-order valence-corrected chi connectivity index (χ1v) is 4.95. The molecule has 0 saturated heterocycles. The molecule has 1 N–H and O–H groups in total. The van der Waals surface area contributed by atoms with Crippen LogP contribution in [0.5, 0.6) is 0 Å². The summed E-state index contributed by atoms with van der Waals surface area (Å²) in [5, 5.41) is 2.72. The van der Waals surface area contributed by atoms with Crippen molar-refractivity contribution >= 4 is 11.6 Å². The van der Waals surface area contributed by atoms with E-state index >= 15 is 0 Å². The fourth-order valence-corrected chi connectivity index (χ4v) is 1.37. The summed E-state index contributed by atoms with van der Waals surface area (Å²) in [5.41, 5.74) is 1.82. The smallest absolute Gasteiger partial charge is 0.311 e. The van der Waals surface area contributed by atoms with Crippen molar-refractivity contribution in [1.29, 1.82) is 0 Å². The van der Waals surface area contributed by atoms with Gasteiger partial charge in [0.1, 0.15) is 5.76 Å². The van der Waals surface area contributed by atoms with Gasteiger partial charge in [0.25, 0.3) is 5.89 Å². The first-order chi connectivity index (χ1) is 7.65. The van der Waals surface area contributed by atoms with E-state index in [4.69, 9.17) is 4.42 Å². The molecular formula is C12H12N2O2. The summed E-state index contributed by atoms with van der Waals surface area (Å²) in [4.78, 5) is 15.5. The molecule has 82 valence electrons. The van der Waals surface area contributed by atoms with Crippen molar-refractivity contribution < 1.29 is 9.21 Å². The minimum atomic E-state index is -0.335. The van der Waals surface area contributed by atoms with Gasteiger partial charge in [0.05, 0.1) is 6.20 Å². The van der Waals surface area contributed by atoms with Gasteiger partial charge in [-0.3, -0.25) is 4.79 Å². The summed E-state index contributed by atoms with van der Waals surface area (Å²) >= 11 is 0. The van der Waals surface area contributed by atoms with E-state index in [0.29, 0.717) is 5.76 Å². The minimum Gasteiger partial charge on any atom is -0.438 e. The predicted molar refractivity (Wildman–Crippen MR) is 60.4 cm³/mol. The second-order valence-electron chi connectivity index (χ2n) is 3.60. The van der Waals surface area contributed by atoms with Crippen LogP contribution in [-0.4, -0.2) is 10.9 Å². The Kier molecular flexibility index (Phi) is 2.72. The van der Waals surface area contributed by atoms with Gasteiger partial charge in [0.2, 0.25) is 0 Å². The van der Waals surface area contributed by atoms with Crippen LogP contribution in [0.4, 0.5) is 5.69 Å². The lowest BCUT2D eigenvalue weighted by Gasteiger charge is -2.02. The fourth-order valence-electron chi connectivity index (χ4n) is 1.37. The number of anilines is 1. The highest BCUT2D eigenvalue weighted by atomic mass is 16.4. The molecule has 0 aliphatic heterocycles. The van der Waals surface area contributed by atoms with Crippen LogP contribution in [0.1, 0.15) is 22.0 Å². The lowest BCUT2D eigenvalue weighted by Crippen LogP contribution is -2.12. The average Bonchev–Trinajstić information content (AvgIpc) is 2.65. The molecule has 0 fully saturated rings. The van der Waals surface area contributed by atoms with E-state index in [0.717, 1.165) is 11.3 Å². The van der Waals surface area contributed by atoms with E-state index < -0.39 is 0 Å². The third-order valence-electron chi connectivity index (χ3n) is 2.09. The summed E-state index contributed by atoms with van der Waals surface area (Å²) in [6, 6.07) is 7.55. The maximum absolute atomic E-state index is 11.7. The summed E-state index contributed by atoms with van der Waals surface area (Å²) in [7, 11) is 0. The number of aryl methyl sites for hydroxylation is 2. The summed E-state index contributed by atoms with van der Waals surface area (Å²) < 4.78 is 5.12. The van der Waals surface area contributed by atoms with Gasteiger partial charge in [-0.2, -0.15) is 0 Å². The Morgan fingerprint density at radius 1 is 1.38 bits per heavy atom. The second-order valence-corrected chi connectivity index (χ2v) is 3.60. The number of aromatic nitrogens is 1. The number of oxazole rings is 1. The molecular weight excluding hydrogens is 204 g/mol. The van der Waals surface area contributed by atoms with Crippen LogP contribution in [0, 0.1) is 13.8 Å². The molecule has 0 unspecified atom stereocenters. The SMILES string of the molecule is Cc1cccc(NC(=O)c2ncc(C)o2)c1. The van der Waals surface area contributed by atoms with Crippen LogP contribution in [0.2, 0.25) is 0 Å². The maximum Gasteiger partial charge on any atom is 0.311 e. The highest BCUT2D eigenvalue weighted by Crippen LogP contribution is 2.11. The fraction of sp³-hybridized carbons (Fsp3) is 0.167. The molecule has 1 aromatic heterocycles. The first-order valence-electron chi connectivity index (χ1n) is 4.95. The van der Waals surface area contributed by atoms with Crippen LogP contribution >= 0.6 is 0 Å². The third-order valence-corrected chi connectivity index (χ3v) is 2.09. The maximum atomic E-state index is 11.7. The second kappa shape index (κ2) is 4.18. The van der Waals surface area contributed by atoms with Crippen molar-refractivity contribution in [3.8, 4) is 0 Å². The van der Waals surface area contributed by atoms with Gasteiger partial charge in [-0.15, -0.1) is 0 Å². The topological polar surface area (TPSA) is 55.1 Å². The van der Waals surface area contributed by atoms with E-state index in [1.807, 2.05) is 31.2 Å². The summed E-state index contributed by atoms with van der Waals surface area (Å²) in [5.74, 6) is 0.368. The molecule has 1 amide bonds. The van der Waals surface area contributed by atoms with Crippen LogP contribution in [0.3, 0.4) is 0 Å². The number of rotatable bonds is 2. The van der Waals surface area contributed by atoms with E-state index in [1.165, 1.54) is 6.20 Å². The molecule has 0 spiro atoms. The minimum absolute atomic E-state index is 0.0824. The molecule has 16 heavy (non-hydrogen) atoms. The Balaban J connectivity index is 2.13. The molecule has 1 heterocycles. The van der Waals surface area contributed by atoms with Crippen LogP contribution in [0.15, 0.2) is 34.9 Å². The third kappa shape index (κ3) is 2.28. The lowest BCUT2D eigenvalue weighted by atomic mass is 10.2. The highest BCUT2D eigenvalue weighted by molar-refractivity contribution is 6.00. The first kappa shape index (κ1) is 10.4. The molecule has 0 atom stereocenters. The monoisotopic (exact) mass is 216 g/mol. The van der Waals surface area contributed by atoms with Crippen molar-refractivity contribution in [3.63, 3.8) is 0 Å². The van der Waals surface area contributed by atoms with E-state index in [-0.39, 0.29) is 11.8 Å². The predicted octanol–water partition coefficient (Wildman–Crippen LogP) is 2.54. The summed E-state index contributed by atoms with van der Waals surface area (Å²) in [6.45, 7) is 3.71. The van der Waals surface area contributed by atoms with Crippen molar-refractivity contribution in [2.24, 2.45) is 0 Å². The number of hydrogen-bond donors (Lipinski definition) is 1. The highest BCUT2D eigenvalue weighted by Gasteiger charge is 2.11. The number of nitrogens with one attached hydrogen (secondary N) is 1. The van der Waals surface area contributed by atoms with Crippen LogP contribution in [-0.2, 0) is 0 Å². The largest absolute Gasteiger partial charge is 0.438 e. The number of carbonyl (C=O) groups excluding carboxylic acids is 1. The molecule has 0 saturated carbocycles. The molecule has 2 aromatic rings. The standard InChI is InChI=1S/C12H12N2O2/c1-8-4-3-5-10(6-8)14-11(15)12-13-7-9(2)16-12/h3-7H,1-2H3,(H,14,15). The van der Waals surface area contributed by atoms with E-state index in [1.54, 1.807) is 6.92 Å². The zero-order valence-electron chi connectivity index (χ0n) is 9.15. The van der Waals surface area contributed by atoms with Crippen molar-refractivity contribution in [1.82, 2.24) is 4.98 Å².